The third-order valence-corrected chi connectivity index (χ3v) is 6.09. The summed E-state index contributed by atoms with van der Waals surface area (Å²) in [6.45, 7) is 7.39. The summed E-state index contributed by atoms with van der Waals surface area (Å²) in [6, 6.07) is 24.9. The number of anilines is 2. The van der Waals surface area contributed by atoms with Crippen LogP contribution in [0.1, 0.15) is 42.3 Å². The maximum atomic E-state index is 13.5. The highest BCUT2D eigenvalue weighted by Crippen LogP contribution is 2.29. The molecule has 0 bridgehead atoms. The van der Waals surface area contributed by atoms with Crippen molar-refractivity contribution in [3.8, 4) is 17.4 Å². The first-order valence-corrected chi connectivity index (χ1v) is 13.6. The fraction of sp³-hybridized carbons (Fsp3) is 0.188. The highest BCUT2D eigenvalue weighted by atomic mass is 16.6. The van der Waals surface area contributed by atoms with Crippen LogP contribution in [0, 0.1) is 6.92 Å². The Hall–Kier alpha value is -5.58. The zero-order chi connectivity index (χ0) is 30.6. The van der Waals surface area contributed by atoms with E-state index in [2.05, 4.69) is 15.5 Å². The average Bonchev–Trinajstić information content (AvgIpc) is 3.35. The van der Waals surface area contributed by atoms with Crippen LogP contribution in [0.25, 0.3) is 5.65 Å². The Kier molecular flexibility index (Phi) is 8.15. The van der Waals surface area contributed by atoms with Gasteiger partial charge in [0.25, 0.3) is 5.91 Å². The minimum atomic E-state index is -0.820. The van der Waals surface area contributed by atoms with Crippen LogP contribution in [0.5, 0.6) is 17.4 Å². The number of rotatable bonds is 7. The van der Waals surface area contributed by atoms with Crippen LogP contribution in [0.3, 0.4) is 0 Å². The third kappa shape index (κ3) is 7.39. The van der Waals surface area contributed by atoms with Gasteiger partial charge >= 0.3 is 6.09 Å². The van der Waals surface area contributed by atoms with E-state index in [0.29, 0.717) is 46.4 Å². The average molecular weight is 581 g/mol. The van der Waals surface area contributed by atoms with Gasteiger partial charge in [-0.3, -0.25) is 10.2 Å². The van der Waals surface area contributed by atoms with Crippen LogP contribution in [0.4, 0.5) is 16.3 Å². The normalized spacial score (nSPS) is 11.2. The number of carbonyl (C=O) groups is 2. The number of hydrogen-bond acceptors (Lipinski definition) is 8. The number of nitrogens with two attached hydrogens (primary N) is 1. The molecule has 0 aliphatic rings. The quantitative estimate of drug-likeness (QED) is 0.221. The van der Waals surface area contributed by atoms with Crippen molar-refractivity contribution in [3.05, 3.63) is 108 Å². The summed E-state index contributed by atoms with van der Waals surface area (Å²) >= 11 is 0. The minimum Gasteiger partial charge on any atom is -0.489 e. The van der Waals surface area contributed by atoms with Crippen molar-refractivity contribution in [3.63, 3.8) is 0 Å². The summed E-state index contributed by atoms with van der Waals surface area (Å²) < 4.78 is 19.0. The lowest BCUT2D eigenvalue weighted by atomic mass is 10.1. The first-order valence-electron chi connectivity index (χ1n) is 13.6. The zero-order valence-electron chi connectivity index (χ0n) is 24.3. The van der Waals surface area contributed by atoms with E-state index >= 15 is 0 Å². The van der Waals surface area contributed by atoms with Gasteiger partial charge in [0.2, 0.25) is 5.88 Å². The maximum Gasteiger partial charge on any atom is 0.434 e. The second-order valence-corrected chi connectivity index (χ2v) is 10.7. The lowest BCUT2D eigenvalue weighted by Gasteiger charge is -2.28. The van der Waals surface area contributed by atoms with Crippen LogP contribution < -0.4 is 25.6 Å². The summed E-state index contributed by atoms with van der Waals surface area (Å²) in [4.78, 5) is 31.0. The summed E-state index contributed by atoms with van der Waals surface area (Å²) in [6.07, 6.45) is 0.801. The number of nitrogens with one attached hydrogen (secondary N) is 1. The number of fused-ring (bicyclic) bond motifs is 1. The highest BCUT2D eigenvalue weighted by Gasteiger charge is 2.27. The summed E-state index contributed by atoms with van der Waals surface area (Å²) in [7, 11) is 0. The van der Waals surface area contributed by atoms with Gasteiger partial charge in [0, 0.05) is 17.7 Å². The van der Waals surface area contributed by atoms with Crippen LogP contribution in [-0.2, 0) is 11.3 Å². The van der Waals surface area contributed by atoms with Gasteiger partial charge in [0.15, 0.2) is 5.65 Å². The molecule has 0 saturated heterocycles. The Bertz CT molecular complexity index is 1760. The zero-order valence-corrected chi connectivity index (χ0v) is 24.3. The molecule has 3 aromatic carbocycles. The van der Waals surface area contributed by atoms with E-state index in [1.807, 2.05) is 30.3 Å². The number of hydrazine groups is 1. The van der Waals surface area contributed by atoms with Crippen molar-refractivity contribution in [2.45, 2.75) is 39.9 Å². The van der Waals surface area contributed by atoms with Gasteiger partial charge < -0.3 is 19.9 Å². The van der Waals surface area contributed by atoms with Crippen molar-refractivity contribution < 1.29 is 23.8 Å². The molecule has 5 rings (SSSR count). The molecule has 2 aromatic heterocycles. The number of imidazole rings is 1. The number of aromatic nitrogens is 3. The van der Waals surface area contributed by atoms with E-state index in [4.69, 9.17) is 19.9 Å². The molecule has 220 valence electrons. The number of aryl methyl sites for hydroxylation is 1. The molecule has 2 heterocycles. The van der Waals surface area contributed by atoms with Gasteiger partial charge in [-0.25, -0.2) is 14.3 Å². The second kappa shape index (κ2) is 12.1. The predicted octanol–water partition coefficient (Wildman–Crippen LogP) is 6.08. The van der Waals surface area contributed by atoms with E-state index in [1.165, 1.54) is 4.52 Å². The molecular weight excluding hydrogens is 548 g/mol. The van der Waals surface area contributed by atoms with Gasteiger partial charge in [-0.2, -0.15) is 5.01 Å². The third-order valence-electron chi connectivity index (χ3n) is 6.09. The van der Waals surface area contributed by atoms with Crippen molar-refractivity contribution in [1.82, 2.24) is 20.0 Å². The first-order chi connectivity index (χ1) is 20.5. The largest absolute Gasteiger partial charge is 0.489 e. The molecule has 0 radical (unpaired) electrons. The van der Waals surface area contributed by atoms with E-state index < -0.39 is 17.6 Å². The van der Waals surface area contributed by atoms with Crippen molar-refractivity contribution >= 4 is 29.2 Å². The Morgan fingerprint density at radius 1 is 0.953 bits per heavy atom. The van der Waals surface area contributed by atoms with Gasteiger partial charge in [-0.1, -0.05) is 42.5 Å². The summed E-state index contributed by atoms with van der Waals surface area (Å²) in [5, 5.41) is 5.44. The fourth-order valence-electron chi connectivity index (χ4n) is 4.10. The van der Waals surface area contributed by atoms with E-state index in [1.54, 1.807) is 88.5 Å². The molecular formula is C32H32N6O5. The minimum absolute atomic E-state index is 0.278. The van der Waals surface area contributed by atoms with Crippen LogP contribution in [0.2, 0.25) is 0 Å². The number of amides is 2. The summed E-state index contributed by atoms with van der Waals surface area (Å²) in [5.74, 6) is 0.960. The number of hydrogen-bond donors (Lipinski definition) is 2. The summed E-state index contributed by atoms with van der Waals surface area (Å²) in [5.41, 5.74) is 10.5. The molecule has 2 amide bonds. The monoisotopic (exact) mass is 580 g/mol. The molecule has 0 aliphatic heterocycles. The van der Waals surface area contributed by atoms with E-state index in [-0.39, 0.29) is 5.88 Å². The Labute approximate surface area is 248 Å². The lowest BCUT2D eigenvalue weighted by Crippen LogP contribution is -2.49. The fourth-order valence-corrected chi connectivity index (χ4v) is 4.10. The van der Waals surface area contributed by atoms with Crippen LogP contribution in [-0.4, -0.2) is 32.2 Å². The second-order valence-electron chi connectivity index (χ2n) is 10.7. The number of carbonyl (C=O) groups excluding carboxylic acids is 2. The molecule has 3 N–H and O–H groups in total. The maximum absolute atomic E-state index is 13.5. The predicted molar refractivity (Wildman–Crippen MR) is 162 cm³/mol. The number of nitrogens with zero attached hydrogens (tertiary/aromatic N) is 4. The molecule has 11 nitrogen and oxygen atoms in total. The van der Waals surface area contributed by atoms with Crippen LogP contribution >= 0.6 is 0 Å². The van der Waals surface area contributed by atoms with Crippen LogP contribution in [0.15, 0.2) is 91.1 Å². The van der Waals surface area contributed by atoms with Gasteiger partial charge in [0.1, 0.15) is 29.5 Å². The molecule has 0 spiro atoms. The standard InChI is InChI=1S/C32H32N6O5/c1-21-13-14-25(42-29-16-15-28-34-27(33)19-37(28)35-29)18-26(21)38(31(40)43-32(2,3)4)36-30(39)23-11-8-12-24(17-23)41-20-22-9-6-5-7-10-22/h5-19H,20,33H2,1-4H3,(H,36,39). The molecule has 43 heavy (non-hydrogen) atoms. The van der Waals surface area contributed by atoms with Crippen molar-refractivity contribution in [1.29, 1.82) is 0 Å². The molecule has 0 saturated carbocycles. The van der Waals surface area contributed by atoms with Gasteiger partial charge in [-0.15, -0.1) is 5.10 Å². The Morgan fingerprint density at radius 2 is 1.74 bits per heavy atom. The first kappa shape index (κ1) is 28.9. The van der Waals surface area contributed by atoms with Crippen molar-refractivity contribution in [2.24, 2.45) is 0 Å². The van der Waals surface area contributed by atoms with E-state index in [9.17, 15) is 9.59 Å². The SMILES string of the molecule is Cc1ccc(Oc2ccc3nc(N)cn3n2)cc1N(NC(=O)c1cccc(OCc2ccccc2)c1)C(=O)OC(C)(C)C. The lowest BCUT2D eigenvalue weighted by molar-refractivity contribution is 0.0548. The van der Waals surface area contributed by atoms with Crippen molar-refractivity contribution in [2.75, 3.05) is 10.7 Å². The van der Waals surface area contributed by atoms with E-state index in [0.717, 1.165) is 10.6 Å². The molecule has 5 aromatic rings. The number of nitrogen functional groups attached to an aromatic ring is 1. The smallest absolute Gasteiger partial charge is 0.434 e. The van der Waals surface area contributed by atoms with Gasteiger partial charge in [0.05, 0.1) is 11.9 Å². The molecule has 11 heteroatoms. The Balaban J connectivity index is 1.39. The Morgan fingerprint density at radius 3 is 2.51 bits per heavy atom. The molecule has 0 fully saturated rings. The number of benzene rings is 3. The molecule has 0 unspecified atom stereocenters. The highest BCUT2D eigenvalue weighted by molar-refractivity contribution is 6.00. The topological polar surface area (TPSA) is 133 Å². The molecule has 0 atom stereocenters. The van der Waals surface area contributed by atoms with Gasteiger partial charge in [-0.05, 0) is 69.2 Å². The number of ether oxygens (including phenoxy) is 3. The molecule has 0 aliphatic carbocycles.